The van der Waals surface area contributed by atoms with Gasteiger partial charge in [0.25, 0.3) is 5.91 Å². The van der Waals surface area contributed by atoms with Gasteiger partial charge in [-0.3, -0.25) is 9.59 Å². The second-order valence-electron chi connectivity index (χ2n) is 7.11. The number of rotatable bonds is 9. The number of hydrogen-bond donors (Lipinski definition) is 1. The summed E-state index contributed by atoms with van der Waals surface area (Å²) in [7, 11) is 0. The van der Waals surface area contributed by atoms with Crippen molar-refractivity contribution in [2.24, 2.45) is 0 Å². The van der Waals surface area contributed by atoms with Gasteiger partial charge in [-0.15, -0.1) is 0 Å². The Bertz CT molecular complexity index is 939. The summed E-state index contributed by atoms with van der Waals surface area (Å²) in [5.74, 6) is -0.346. The average Bonchev–Trinajstić information content (AvgIpc) is 2.71. The van der Waals surface area contributed by atoms with Crippen molar-refractivity contribution in [3.8, 4) is 5.75 Å². The van der Waals surface area contributed by atoms with E-state index in [0.717, 1.165) is 6.42 Å². The number of hydrogen-bond acceptors (Lipinski definition) is 3. The molecule has 2 rings (SSSR count). The van der Waals surface area contributed by atoms with Crippen LogP contribution in [0.15, 0.2) is 36.4 Å². The van der Waals surface area contributed by atoms with Crippen molar-refractivity contribution in [2.75, 3.05) is 6.61 Å². The van der Waals surface area contributed by atoms with Crippen LogP contribution in [0.1, 0.15) is 32.8 Å². The lowest BCUT2D eigenvalue weighted by Gasteiger charge is -2.30. The molecule has 2 atom stereocenters. The first kappa shape index (κ1) is 25.6. The zero-order valence-electron chi connectivity index (χ0n) is 17.4. The van der Waals surface area contributed by atoms with Crippen LogP contribution in [-0.2, 0) is 16.1 Å². The number of nitrogens with zero attached hydrogens (tertiary/aromatic N) is 1. The van der Waals surface area contributed by atoms with E-state index in [1.807, 2.05) is 13.8 Å². The van der Waals surface area contributed by atoms with E-state index in [0.29, 0.717) is 26.4 Å². The van der Waals surface area contributed by atoms with Crippen molar-refractivity contribution >= 4 is 58.2 Å². The van der Waals surface area contributed by atoms with E-state index in [9.17, 15) is 9.59 Å². The third-order valence-electron chi connectivity index (χ3n) is 4.77. The molecule has 0 radical (unpaired) electrons. The Morgan fingerprint density at radius 3 is 2.19 bits per heavy atom. The van der Waals surface area contributed by atoms with Gasteiger partial charge >= 0.3 is 0 Å². The molecular formula is C22H24Cl4N2O3. The molecule has 0 bridgehead atoms. The fourth-order valence-corrected chi connectivity index (χ4v) is 3.63. The maximum absolute atomic E-state index is 13.1. The molecule has 0 unspecified atom stereocenters. The number of nitrogens with one attached hydrogen (secondary N) is 1. The van der Waals surface area contributed by atoms with Gasteiger partial charge in [0.1, 0.15) is 11.8 Å². The van der Waals surface area contributed by atoms with Crippen molar-refractivity contribution in [3.63, 3.8) is 0 Å². The van der Waals surface area contributed by atoms with Crippen molar-refractivity contribution in [2.45, 2.75) is 45.8 Å². The van der Waals surface area contributed by atoms with Crippen LogP contribution in [0.5, 0.6) is 5.75 Å². The number of benzene rings is 2. The Morgan fingerprint density at radius 1 is 1.00 bits per heavy atom. The van der Waals surface area contributed by atoms with E-state index >= 15 is 0 Å². The fourth-order valence-electron chi connectivity index (χ4n) is 2.70. The highest BCUT2D eigenvalue weighted by Gasteiger charge is 2.28. The zero-order valence-corrected chi connectivity index (χ0v) is 20.4. The standard InChI is InChI=1S/C22H24Cl4N2O3/c1-4-13(2)27-22(30)14(3)28(11-15-5-6-16(23)9-18(15)25)21(29)12-31-20-8-7-17(24)10-19(20)26/h5-10,13-14H,4,11-12H2,1-3H3,(H,27,30)/t13-,14+/m0/s1. The molecule has 0 aliphatic rings. The molecule has 168 valence electrons. The largest absolute Gasteiger partial charge is 0.482 e. The minimum absolute atomic E-state index is 0.0184. The van der Waals surface area contributed by atoms with Gasteiger partial charge in [0.15, 0.2) is 6.61 Å². The number of ether oxygens (including phenoxy) is 1. The molecule has 0 saturated carbocycles. The molecule has 2 aromatic carbocycles. The van der Waals surface area contributed by atoms with Crippen molar-refractivity contribution < 1.29 is 14.3 Å². The topological polar surface area (TPSA) is 58.6 Å². The monoisotopic (exact) mass is 504 g/mol. The quantitative estimate of drug-likeness (QED) is 0.453. The summed E-state index contributed by atoms with van der Waals surface area (Å²) in [4.78, 5) is 27.2. The van der Waals surface area contributed by atoms with Gasteiger partial charge < -0.3 is 15.0 Å². The van der Waals surface area contributed by atoms with E-state index in [2.05, 4.69) is 5.32 Å². The highest BCUT2D eigenvalue weighted by Crippen LogP contribution is 2.28. The van der Waals surface area contributed by atoms with Gasteiger partial charge in [-0.1, -0.05) is 59.4 Å². The highest BCUT2D eigenvalue weighted by atomic mass is 35.5. The Morgan fingerprint density at radius 2 is 1.61 bits per heavy atom. The average molecular weight is 506 g/mol. The van der Waals surface area contributed by atoms with Crippen molar-refractivity contribution in [1.82, 2.24) is 10.2 Å². The normalized spacial score (nSPS) is 12.7. The third-order valence-corrected chi connectivity index (χ3v) is 5.89. The lowest BCUT2D eigenvalue weighted by atomic mass is 10.1. The van der Waals surface area contributed by atoms with E-state index in [4.69, 9.17) is 51.1 Å². The van der Waals surface area contributed by atoms with Crippen molar-refractivity contribution in [1.29, 1.82) is 0 Å². The number of amides is 2. The number of carbonyl (C=O) groups excluding carboxylic acids is 2. The Labute approximate surface area is 202 Å². The second-order valence-corrected chi connectivity index (χ2v) is 8.80. The summed E-state index contributed by atoms with van der Waals surface area (Å²) in [5, 5.41) is 4.53. The number of carbonyl (C=O) groups is 2. The molecule has 2 aromatic rings. The summed E-state index contributed by atoms with van der Waals surface area (Å²) >= 11 is 24.3. The maximum atomic E-state index is 13.1. The van der Waals surface area contributed by atoms with Crippen LogP contribution >= 0.6 is 46.4 Å². The van der Waals surface area contributed by atoms with Gasteiger partial charge in [0.2, 0.25) is 5.91 Å². The molecule has 2 amide bonds. The summed E-state index contributed by atoms with van der Waals surface area (Å²) in [5.41, 5.74) is 0.659. The zero-order chi connectivity index (χ0) is 23.1. The molecule has 5 nitrogen and oxygen atoms in total. The third kappa shape index (κ3) is 7.46. The first-order chi connectivity index (χ1) is 14.6. The van der Waals surface area contributed by atoms with Gasteiger partial charge in [-0.25, -0.2) is 0 Å². The summed E-state index contributed by atoms with van der Waals surface area (Å²) in [6, 6.07) is 8.94. The molecule has 0 heterocycles. The van der Waals surface area contributed by atoms with Crippen LogP contribution in [0, 0.1) is 0 Å². The van der Waals surface area contributed by atoms with Crippen LogP contribution in [0.4, 0.5) is 0 Å². The van der Waals surface area contributed by atoms with Crippen LogP contribution in [0.25, 0.3) is 0 Å². The fraction of sp³-hybridized carbons (Fsp3) is 0.364. The summed E-state index contributed by atoms with van der Waals surface area (Å²) in [6.07, 6.45) is 0.771. The lowest BCUT2D eigenvalue weighted by Crippen LogP contribution is -2.50. The predicted octanol–water partition coefficient (Wildman–Crippen LogP) is 6.01. The van der Waals surface area contributed by atoms with E-state index in [-0.39, 0.29) is 30.1 Å². The SMILES string of the molecule is CC[C@H](C)NC(=O)[C@@H](C)N(Cc1ccc(Cl)cc1Cl)C(=O)COc1ccc(Cl)cc1Cl. The second kappa shape index (κ2) is 11.8. The van der Waals surface area contributed by atoms with Crippen LogP contribution in [-0.4, -0.2) is 35.4 Å². The van der Waals surface area contributed by atoms with E-state index in [1.165, 1.54) is 11.0 Å². The van der Waals surface area contributed by atoms with Crippen LogP contribution < -0.4 is 10.1 Å². The molecule has 0 saturated heterocycles. The van der Waals surface area contributed by atoms with Gasteiger partial charge in [-0.05, 0) is 56.2 Å². The molecule has 9 heteroatoms. The van der Waals surface area contributed by atoms with E-state index in [1.54, 1.807) is 37.3 Å². The molecule has 31 heavy (non-hydrogen) atoms. The predicted molar refractivity (Wildman–Crippen MR) is 126 cm³/mol. The minimum Gasteiger partial charge on any atom is -0.482 e. The van der Waals surface area contributed by atoms with E-state index < -0.39 is 11.9 Å². The first-order valence-corrected chi connectivity index (χ1v) is 11.2. The van der Waals surface area contributed by atoms with Gasteiger partial charge in [0.05, 0.1) is 5.02 Å². The Hall–Kier alpha value is -1.66. The molecule has 1 N–H and O–H groups in total. The van der Waals surface area contributed by atoms with Crippen LogP contribution in [0.2, 0.25) is 20.1 Å². The Balaban J connectivity index is 2.22. The summed E-state index contributed by atoms with van der Waals surface area (Å²) in [6.45, 7) is 5.33. The molecular weight excluding hydrogens is 482 g/mol. The molecule has 0 aliphatic heterocycles. The van der Waals surface area contributed by atoms with Gasteiger partial charge in [-0.2, -0.15) is 0 Å². The minimum atomic E-state index is -0.752. The molecule has 0 fully saturated rings. The van der Waals surface area contributed by atoms with Crippen molar-refractivity contribution in [3.05, 3.63) is 62.1 Å². The number of halogens is 4. The molecule has 0 aliphatic carbocycles. The first-order valence-electron chi connectivity index (χ1n) is 9.74. The molecule has 0 spiro atoms. The van der Waals surface area contributed by atoms with Gasteiger partial charge in [0, 0.05) is 27.7 Å². The maximum Gasteiger partial charge on any atom is 0.261 e. The lowest BCUT2D eigenvalue weighted by molar-refractivity contribution is -0.142. The van der Waals surface area contributed by atoms with Crippen LogP contribution in [0.3, 0.4) is 0 Å². The Kier molecular flexibility index (Phi) is 9.76. The molecule has 0 aromatic heterocycles. The summed E-state index contributed by atoms with van der Waals surface area (Å²) < 4.78 is 5.59. The smallest absolute Gasteiger partial charge is 0.261 e. The highest BCUT2D eigenvalue weighted by molar-refractivity contribution is 6.35.